The van der Waals surface area contributed by atoms with Crippen molar-refractivity contribution in [1.82, 2.24) is 9.88 Å². The monoisotopic (exact) mass is 328 g/mol. The third kappa shape index (κ3) is 3.94. The molecule has 24 heavy (non-hydrogen) atoms. The highest BCUT2D eigenvalue weighted by molar-refractivity contribution is 6.09. The van der Waals surface area contributed by atoms with Gasteiger partial charge >= 0.3 is 0 Å². The fraction of sp³-hybridized carbons (Fsp3) is 0.556. The molecule has 1 saturated carbocycles. The van der Waals surface area contributed by atoms with Gasteiger partial charge in [0.1, 0.15) is 5.82 Å². The van der Waals surface area contributed by atoms with E-state index in [1.54, 1.807) is 6.20 Å². The topological polar surface area (TPSA) is 83.8 Å². The van der Waals surface area contributed by atoms with Crippen molar-refractivity contribution < 1.29 is 0 Å². The molecule has 1 saturated heterocycles. The average molecular weight is 328 g/mol. The minimum atomic E-state index is 0.384. The van der Waals surface area contributed by atoms with E-state index in [4.69, 9.17) is 16.5 Å². The molecule has 1 aliphatic carbocycles. The maximum absolute atomic E-state index is 5.82. The average Bonchev–Trinajstić information content (AvgIpc) is 2.58. The summed E-state index contributed by atoms with van der Waals surface area (Å²) in [6.45, 7) is 4.91. The van der Waals surface area contributed by atoms with Crippen molar-refractivity contribution >= 4 is 17.6 Å². The third-order valence-electron chi connectivity index (χ3n) is 5.01. The SMILES string of the molecule is CN1CCN(c2cccc(C(C=NC3CC(CN)C3)=CN)n2)CC1. The van der Waals surface area contributed by atoms with Gasteiger partial charge in [-0.3, -0.25) is 4.99 Å². The molecule has 6 heteroatoms. The molecule has 1 aromatic rings. The minimum Gasteiger partial charge on any atom is -0.404 e. The molecule has 0 radical (unpaired) electrons. The molecule has 0 amide bonds. The summed E-state index contributed by atoms with van der Waals surface area (Å²) < 4.78 is 0. The van der Waals surface area contributed by atoms with E-state index in [1.165, 1.54) is 0 Å². The van der Waals surface area contributed by atoms with Crippen LogP contribution in [0.3, 0.4) is 0 Å². The molecular formula is C18H28N6. The van der Waals surface area contributed by atoms with E-state index in [0.29, 0.717) is 12.0 Å². The Labute approximate surface area is 144 Å². The number of aromatic nitrogens is 1. The first kappa shape index (κ1) is 16.9. The first-order chi connectivity index (χ1) is 11.7. The lowest BCUT2D eigenvalue weighted by Gasteiger charge is -2.33. The predicted molar refractivity (Wildman–Crippen MR) is 100 cm³/mol. The molecule has 1 aromatic heterocycles. The molecule has 0 atom stereocenters. The van der Waals surface area contributed by atoms with Crippen molar-refractivity contribution in [2.24, 2.45) is 22.4 Å². The molecule has 2 aliphatic rings. The number of piperazine rings is 1. The third-order valence-corrected chi connectivity index (χ3v) is 5.01. The Morgan fingerprint density at radius 2 is 2.04 bits per heavy atom. The molecule has 3 rings (SSSR count). The van der Waals surface area contributed by atoms with E-state index in [0.717, 1.165) is 62.7 Å². The molecule has 0 spiro atoms. The number of anilines is 1. The Bertz CT molecular complexity index is 597. The summed E-state index contributed by atoms with van der Waals surface area (Å²) in [4.78, 5) is 14.1. The highest BCUT2D eigenvalue weighted by atomic mass is 15.3. The van der Waals surface area contributed by atoms with E-state index < -0.39 is 0 Å². The summed E-state index contributed by atoms with van der Waals surface area (Å²) in [6, 6.07) is 6.49. The molecule has 2 heterocycles. The molecular weight excluding hydrogens is 300 g/mol. The molecule has 130 valence electrons. The number of allylic oxidation sites excluding steroid dienone is 1. The number of pyridine rings is 1. The van der Waals surface area contributed by atoms with Crippen LogP contribution in [0.2, 0.25) is 0 Å². The van der Waals surface area contributed by atoms with Crippen LogP contribution in [0.15, 0.2) is 29.4 Å². The van der Waals surface area contributed by atoms with Gasteiger partial charge in [0.25, 0.3) is 0 Å². The van der Waals surface area contributed by atoms with Crippen LogP contribution in [0.25, 0.3) is 5.57 Å². The Morgan fingerprint density at radius 3 is 2.71 bits per heavy atom. The molecule has 0 unspecified atom stereocenters. The lowest BCUT2D eigenvalue weighted by Crippen LogP contribution is -2.44. The lowest BCUT2D eigenvalue weighted by molar-refractivity contribution is 0.276. The van der Waals surface area contributed by atoms with Gasteiger partial charge in [-0.05, 0) is 44.5 Å². The van der Waals surface area contributed by atoms with Crippen LogP contribution >= 0.6 is 0 Å². The second-order valence-electron chi connectivity index (χ2n) is 6.80. The number of hydrogen-bond acceptors (Lipinski definition) is 6. The lowest BCUT2D eigenvalue weighted by atomic mass is 9.81. The van der Waals surface area contributed by atoms with Gasteiger partial charge in [0.2, 0.25) is 0 Å². The van der Waals surface area contributed by atoms with Crippen LogP contribution in [0, 0.1) is 5.92 Å². The van der Waals surface area contributed by atoms with Crippen LogP contribution < -0.4 is 16.4 Å². The highest BCUT2D eigenvalue weighted by Crippen LogP contribution is 2.29. The number of nitrogens with two attached hydrogens (primary N) is 2. The molecule has 0 aromatic carbocycles. The van der Waals surface area contributed by atoms with E-state index >= 15 is 0 Å². The number of likely N-dealkylation sites (N-methyl/N-ethyl adjacent to an activating group) is 1. The van der Waals surface area contributed by atoms with E-state index in [2.05, 4.69) is 27.9 Å². The number of aliphatic imine (C=N–C) groups is 1. The van der Waals surface area contributed by atoms with Crippen LogP contribution in [0.4, 0.5) is 5.82 Å². The fourth-order valence-electron chi connectivity index (χ4n) is 3.19. The van der Waals surface area contributed by atoms with Gasteiger partial charge in [0, 0.05) is 44.2 Å². The second kappa shape index (κ2) is 7.77. The second-order valence-corrected chi connectivity index (χ2v) is 6.80. The van der Waals surface area contributed by atoms with Gasteiger partial charge in [-0.15, -0.1) is 0 Å². The van der Waals surface area contributed by atoms with Crippen molar-refractivity contribution in [3.8, 4) is 0 Å². The Morgan fingerprint density at radius 1 is 1.29 bits per heavy atom. The van der Waals surface area contributed by atoms with Crippen molar-refractivity contribution in [3.63, 3.8) is 0 Å². The van der Waals surface area contributed by atoms with E-state index in [9.17, 15) is 0 Å². The first-order valence-corrected chi connectivity index (χ1v) is 8.75. The maximum Gasteiger partial charge on any atom is 0.129 e. The molecule has 0 bridgehead atoms. The van der Waals surface area contributed by atoms with Crippen LogP contribution in [-0.2, 0) is 0 Å². The quantitative estimate of drug-likeness (QED) is 0.786. The number of rotatable bonds is 5. The predicted octanol–water partition coefficient (Wildman–Crippen LogP) is 0.941. The van der Waals surface area contributed by atoms with Crippen LogP contribution in [0.1, 0.15) is 18.5 Å². The maximum atomic E-state index is 5.82. The summed E-state index contributed by atoms with van der Waals surface area (Å²) in [5.41, 5.74) is 13.2. The summed E-state index contributed by atoms with van der Waals surface area (Å²) in [6.07, 6.45) is 5.63. The van der Waals surface area contributed by atoms with Crippen LogP contribution in [0.5, 0.6) is 0 Å². The first-order valence-electron chi connectivity index (χ1n) is 8.75. The zero-order valence-electron chi connectivity index (χ0n) is 14.4. The van der Waals surface area contributed by atoms with E-state index in [1.807, 2.05) is 18.3 Å². The normalized spacial score (nSPS) is 25.9. The molecule has 2 fully saturated rings. The number of nitrogens with zero attached hydrogens (tertiary/aromatic N) is 4. The molecule has 4 N–H and O–H groups in total. The molecule has 6 nitrogen and oxygen atoms in total. The van der Waals surface area contributed by atoms with Crippen molar-refractivity contribution in [1.29, 1.82) is 0 Å². The Hall–Kier alpha value is -1.92. The fourth-order valence-corrected chi connectivity index (χ4v) is 3.19. The van der Waals surface area contributed by atoms with Gasteiger partial charge in [-0.1, -0.05) is 6.07 Å². The summed E-state index contributed by atoms with van der Waals surface area (Å²) in [7, 11) is 2.16. The smallest absolute Gasteiger partial charge is 0.129 e. The summed E-state index contributed by atoms with van der Waals surface area (Å²) in [5, 5.41) is 0. The zero-order valence-corrected chi connectivity index (χ0v) is 14.4. The van der Waals surface area contributed by atoms with E-state index in [-0.39, 0.29) is 0 Å². The Balaban J connectivity index is 1.66. The van der Waals surface area contributed by atoms with Gasteiger partial charge in [-0.25, -0.2) is 4.98 Å². The van der Waals surface area contributed by atoms with Crippen molar-refractivity contribution in [2.45, 2.75) is 18.9 Å². The molecule has 1 aliphatic heterocycles. The van der Waals surface area contributed by atoms with Gasteiger partial charge < -0.3 is 21.3 Å². The van der Waals surface area contributed by atoms with Crippen molar-refractivity contribution in [2.75, 3.05) is 44.7 Å². The van der Waals surface area contributed by atoms with Gasteiger partial charge in [-0.2, -0.15) is 0 Å². The minimum absolute atomic E-state index is 0.384. The number of hydrogen-bond donors (Lipinski definition) is 2. The standard InChI is InChI=1S/C18H28N6/c1-23-5-7-24(8-6-23)18-4-2-3-17(22-18)15(12-20)13-21-16-9-14(10-16)11-19/h2-4,12-14,16H,5-11,19-20H2,1H3. The summed E-state index contributed by atoms with van der Waals surface area (Å²) in [5.74, 6) is 1.65. The van der Waals surface area contributed by atoms with Crippen LogP contribution in [-0.4, -0.2) is 61.9 Å². The largest absolute Gasteiger partial charge is 0.404 e. The Kier molecular flexibility index (Phi) is 5.48. The van der Waals surface area contributed by atoms with Gasteiger partial charge in [0.05, 0.1) is 11.7 Å². The van der Waals surface area contributed by atoms with Crippen molar-refractivity contribution in [3.05, 3.63) is 30.1 Å². The van der Waals surface area contributed by atoms with Gasteiger partial charge in [0.15, 0.2) is 0 Å². The zero-order chi connectivity index (χ0) is 16.9. The summed E-state index contributed by atoms with van der Waals surface area (Å²) >= 11 is 0. The highest BCUT2D eigenvalue weighted by Gasteiger charge is 2.26.